The standard InChI is InChI=1S/C20H28N4O2/c25-19-6-5-18(20(26)22-19)15-1-3-16(4-2-15)23-11-13-24(14-12-23)17-7-9-21-10-8-17/h1-4,17-18,21H,5-14H2,(H,22,25,26). The Kier molecular flexibility index (Phi) is 5.22. The topological polar surface area (TPSA) is 64.7 Å². The Morgan fingerprint density at radius 1 is 0.885 bits per heavy atom. The van der Waals surface area contributed by atoms with E-state index in [1.54, 1.807) is 0 Å². The van der Waals surface area contributed by atoms with E-state index < -0.39 is 0 Å². The Bertz CT molecular complexity index is 646. The molecular formula is C20H28N4O2. The first-order valence-corrected chi connectivity index (χ1v) is 9.84. The van der Waals surface area contributed by atoms with E-state index in [0.717, 1.165) is 50.9 Å². The van der Waals surface area contributed by atoms with E-state index in [9.17, 15) is 9.59 Å². The third kappa shape index (κ3) is 3.76. The molecule has 3 fully saturated rings. The number of benzene rings is 1. The van der Waals surface area contributed by atoms with Gasteiger partial charge in [0.15, 0.2) is 0 Å². The van der Waals surface area contributed by atoms with E-state index in [2.05, 4.69) is 44.7 Å². The molecule has 6 nitrogen and oxygen atoms in total. The maximum atomic E-state index is 12.0. The Morgan fingerprint density at radius 2 is 1.58 bits per heavy atom. The Balaban J connectivity index is 1.34. The molecule has 26 heavy (non-hydrogen) atoms. The van der Waals surface area contributed by atoms with E-state index in [1.165, 1.54) is 18.5 Å². The molecule has 1 aromatic rings. The fourth-order valence-corrected chi connectivity index (χ4v) is 4.45. The van der Waals surface area contributed by atoms with Crippen molar-refractivity contribution in [1.29, 1.82) is 0 Å². The summed E-state index contributed by atoms with van der Waals surface area (Å²) in [5.41, 5.74) is 2.23. The van der Waals surface area contributed by atoms with Crippen molar-refractivity contribution < 1.29 is 9.59 Å². The predicted molar refractivity (Wildman–Crippen MR) is 101 cm³/mol. The van der Waals surface area contributed by atoms with Gasteiger partial charge in [-0.3, -0.25) is 19.8 Å². The van der Waals surface area contributed by atoms with Crippen LogP contribution in [0.3, 0.4) is 0 Å². The van der Waals surface area contributed by atoms with Crippen LogP contribution in [0.5, 0.6) is 0 Å². The Hall–Kier alpha value is -1.92. The number of nitrogens with zero attached hydrogens (tertiary/aromatic N) is 2. The highest BCUT2D eigenvalue weighted by Gasteiger charge is 2.28. The van der Waals surface area contributed by atoms with Crippen LogP contribution in [0, 0.1) is 0 Å². The first kappa shape index (κ1) is 17.5. The fraction of sp³-hybridized carbons (Fsp3) is 0.600. The molecule has 6 heteroatoms. The van der Waals surface area contributed by atoms with Crippen LogP contribution >= 0.6 is 0 Å². The van der Waals surface area contributed by atoms with E-state index in [4.69, 9.17) is 0 Å². The molecule has 3 aliphatic heterocycles. The van der Waals surface area contributed by atoms with Gasteiger partial charge in [-0.05, 0) is 50.0 Å². The van der Waals surface area contributed by atoms with Crippen molar-refractivity contribution in [3.8, 4) is 0 Å². The summed E-state index contributed by atoms with van der Waals surface area (Å²) in [7, 11) is 0. The number of carbonyl (C=O) groups excluding carboxylic acids is 2. The van der Waals surface area contributed by atoms with Gasteiger partial charge in [-0.25, -0.2) is 0 Å². The summed E-state index contributed by atoms with van der Waals surface area (Å²) in [6, 6.07) is 9.09. The van der Waals surface area contributed by atoms with Crippen LogP contribution in [-0.2, 0) is 9.59 Å². The van der Waals surface area contributed by atoms with Gasteiger partial charge in [0.2, 0.25) is 11.8 Å². The van der Waals surface area contributed by atoms with Crippen LogP contribution in [-0.4, -0.2) is 62.0 Å². The first-order chi connectivity index (χ1) is 12.7. The number of nitrogens with one attached hydrogen (secondary N) is 2. The summed E-state index contributed by atoms with van der Waals surface area (Å²) in [4.78, 5) is 28.4. The summed E-state index contributed by atoms with van der Waals surface area (Å²) in [5, 5.41) is 5.89. The van der Waals surface area contributed by atoms with Gasteiger partial charge in [-0.2, -0.15) is 0 Å². The second-order valence-corrected chi connectivity index (χ2v) is 7.60. The Morgan fingerprint density at radius 3 is 2.23 bits per heavy atom. The number of piperidine rings is 2. The molecule has 0 radical (unpaired) electrons. The number of rotatable bonds is 3. The molecule has 0 bridgehead atoms. The molecule has 3 saturated heterocycles. The van der Waals surface area contributed by atoms with Crippen molar-refractivity contribution in [1.82, 2.24) is 15.5 Å². The third-order valence-electron chi connectivity index (χ3n) is 6.04. The quantitative estimate of drug-likeness (QED) is 0.794. The average Bonchev–Trinajstić information content (AvgIpc) is 2.69. The summed E-state index contributed by atoms with van der Waals surface area (Å²) in [5.74, 6) is -0.516. The molecule has 2 N–H and O–H groups in total. The molecule has 0 aliphatic carbocycles. The summed E-state index contributed by atoms with van der Waals surface area (Å²) in [6.45, 7) is 6.65. The molecule has 0 spiro atoms. The normalized spacial score (nSPS) is 26.0. The lowest BCUT2D eigenvalue weighted by Gasteiger charge is -2.41. The molecule has 4 rings (SSSR count). The smallest absolute Gasteiger partial charge is 0.234 e. The fourth-order valence-electron chi connectivity index (χ4n) is 4.45. The molecule has 1 atom stereocenters. The summed E-state index contributed by atoms with van der Waals surface area (Å²) < 4.78 is 0. The van der Waals surface area contributed by atoms with Gasteiger partial charge in [-0.15, -0.1) is 0 Å². The van der Waals surface area contributed by atoms with Gasteiger partial charge in [0.25, 0.3) is 0 Å². The van der Waals surface area contributed by atoms with Crippen LogP contribution in [0.4, 0.5) is 5.69 Å². The highest BCUT2D eigenvalue weighted by Crippen LogP contribution is 2.27. The monoisotopic (exact) mass is 356 g/mol. The first-order valence-electron chi connectivity index (χ1n) is 9.84. The zero-order valence-electron chi connectivity index (χ0n) is 15.2. The number of hydrogen-bond donors (Lipinski definition) is 2. The van der Waals surface area contributed by atoms with Crippen LogP contribution in [0.25, 0.3) is 0 Å². The van der Waals surface area contributed by atoms with Crippen molar-refractivity contribution in [2.75, 3.05) is 44.2 Å². The summed E-state index contributed by atoms with van der Waals surface area (Å²) in [6.07, 6.45) is 3.57. The molecule has 0 aromatic heterocycles. The van der Waals surface area contributed by atoms with Gasteiger partial charge >= 0.3 is 0 Å². The molecular weight excluding hydrogens is 328 g/mol. The number of carbonyl (C=O) groups is 2. The zero-order valence-corrected chi connectivity index (χ0v) is 15.2. The molecule has 0 saturated carbocycles. The van der Waals surface area contributed by atoms with Gasteiger partial charge < -0.3 is 10.2 Å². The SMILES string of the molecule is O=C1CCC(c2ccc(N3CCN(C4CCNCC4)CC3)cc2)C(=O)N1. The minimum atomic E-state index is -0.196. The second-order valence-electron chi connectivity index (χ2n) is 7.60. The van der Waals surface area contributed by atoms with E-state index in [-0.39, 0.29) is 17.7 Å². The minimum absolute atomic E-state index is 0.158. The van der Waals surface area contributed by atoms with E-state index in [1.807, 2.05) is 0 Å². The lowest BCUT2D eigenvalue weighted by atomic mass is 9.90. The predicted octanol–water partition coefficient (Wildman–Crippen LogP) is 1.08. The van der Waals surface area contributed by atoms with E-state index in [0.29, 0.717) is 12.8 Å². The van der Waals surface area contributed by atoms with Gasteiger partial charge in [0.1, 0.15) is 0 Å². The summed E-state index contributed by atoms with van der Waals surface area (Å²) >= 11 is 0. The van der Waals surface area contributed by atoms with Crippen molar-refractivity contribution in [2.45, 2.75) is 37.6 Å². The van der Waals surface area contributed by atoms with Crippen LogP contribution in [0.2, 0.25) is 0 Å². The van der Waals surface area contributed by atoms with Gasteiger partial charge in [0.05, 0.1) is 5.92 Å². The third-order valence-corrected chi connectivity index (χ3v) is 6.04. The molecule has 3 aliphatic rings. The van der Waals surface area contributed by atoms with Crippen molar-refractivity contribution in [3.05, 3.63) is 29.8 Å². The van der Waals surface area contributed by atoms with Crippen LogP contribution in [0.1, 0.15) is 37.2 Å². The average molecular weight is 356 g/mol. The van der Waals surface area contributed by atoms with Gasteiger partial charge in [0, 0.05) is 44.3 Å². The highest BCUT2D eigenvalue weighted by molar-refractivity contribution is 6.00. The van der Waals surface area contributed by atoms with Gasteiger partial charge in [-0.1, -0.05) is 12.1 Å². The van der Waals surface area contributed by atoms with Crippen molar-refractivity contribution in [3.63, 3.8) is 0 Å². The molecule has 1 aromatic carbocycles. The molecule has 2 amide bonds. The van der Waals surface area contributed by atoms with Crippen LogP contribution < -0.4 is 15.5 Å². The lowest BCUT2D eigenvalue weighted by Crippen LogP contribution is -2.52. The minimum Gasteiger partial charge on any atom is -0.369 e. The lowest BCUT2D eigenvalue weighted by molar-refractivity contribution is -0.134. The number of anilines is 1. The zero-order chi connectivity index (χ0) is 17.9. The molecule has 3 heterocycles. The van der Waals surface area contributed by atoms with Crippen molar-refractivity contribution >= 4 is 17.5 Å². The molecule has 1 unspecified atom stereocenters. The number of piperazine rings is 1. The number of hydrogen-bond acceptors (Lipinski definition) is 5. The number of amides is 2. The maximum absolute atomic E-state index is 12.0. The van der Waals surface area contributed by atoms with Crippen molar-refractivity contribution in [2.24, 2.45) is 0 Å². The van der Waals surface area contributed by atoms with Crippen LogP contribution in [0.15, 0.2) is 24.3 Å². The van der Waals surface area contributed by atoms with E-state index >= 15 is 0 Å². The number of imide groups is 1. The highest BCUT2D eigenvalue weighted by atomic mass is 16.2. The largest absolute Gasteiger partial charge is 0.369 e. The molecule has 140 valence electrons. The Labute approximate surface area is 154 Å². The maximum Gasteiger partial charge on any atom is 0.234 e. The second kappa shape index (κ2) is 7.76.